The zero-order chi connectivity index (χ0) is 23.0. The lowest BCUT2D eigenvalue weighted by Crippen LogP contribution is -2.19. The number of halogens is 1. The van der Waals surface area contributed by atoms with Crippen LogP contribution in [0, 0.1) is 5.82 Å². The predicted octanol–water partition coefficient (Wildman–Crippen LogP) is 4.53. The first-order valence-electron chi connectivity index (χ1n) is 10.1. The number of hydrogen-bond donors (Lipinski definition) is 2. The summed E-state index contributed by atoms with van der Waals surface area (Å²) in [6.45, 7) is 0.281. The number of nitrogens with one attached hydrogen (secondary N) is 2. The van der Waals surface area contributed by atoms with Crippen LogP contribution in [0.2, 0.25) is 0 Å². The molecule has 0 atom stereocenters. The lowest BCUT2D eigenvalue weighted by molar-refractivity contribution is -0.118. The standard InChI is InChI=1S/C24H21FN4O3S/c1-31-22-12-17(8-11-21(22)32-14-16-6-9-18(25)10-7-16)13-26-29-23(30)15-33-24-27-19-4-2-3-5-20(19)28-24/h2-13H,14-15H2,1H3,(H,27,28)(H,29,30)/b26-13+. The van der Waals surface area contributed by atoms with Gasteiger partial charge in [-0.3, -0.25) is 4.79 Å². The van der Waals surface area contributed by atoms with Gasteiger partial charge in [-0.25, -0.2) is 14.8 Å². The van der Waals surface area contributed by atoms with Gasteiger partial charge in [0, 0.05) is 0 Å². The fourth-order valence-corrected chi connectivity index (χ4v) is 3.65. The van der Waals surface area contributed by atoms with Gasteiger partial charge in [-0.1, -0.05) is 36.0 Å². The van der Waals surface area contributed by atoms with Gasteiger partial charge < -0.3 is 14.5 Å². The average molecular weight is 465 g/mol. The first-order valence-corrected chi connectivity index (χ1v) is 11.0. The second-order valence-electron chi connectivity index (χ2n) is 6.97. The van der Waals surface area contributed by atoms with E-state index in [0.717, 1.165) is 22.2 Å². The van der Waals surface area contributed by atoms with Crippen LogP contribution >= 0.6 is 11.8 Å². The second-order valence-corrected chi connectivity index (χ2v) is 7.93. The van der Waals surface area contributed by atoms with Crippen molar-refractivity contribution >= 4 is 34.9 Å². The maximum absolute atomic E-state index is 13.0. The smallest absolute Gasteiger partial charge is 0.250 e. The van der Waals surface area contributed by atoms with Crippen LogP contribution in [0.25, 0.3) is 11.0 Å². The Bertz CT molecular complexity index is 1240. The normalized spacial score (nSPS) is 11.1. The quantitative estimate of drug-likeness (QED) is 0.216. The number of para-hydroxylation sites is 2. The average Bonchev–Trinajstić information content (AvgIpc) is 3.26. The van der Waals surface area contributed by atoms with Crippen molar-refractivity contribution in [3.05, 3.63) is 83.7 Å². The van der Waals surface area contributed by atoms with E-state index in [1.165, 1.54) is 37.2 Å². The Morgan fingerprint density at radius 3 is 2.76 bits per heavy atom. The van der Waals surface area contributed by atoms with Crippen LogP contribution in [-0.2, 0) is 11.4 Å². The van der Waals surface area contributed by atoms with Crippen LogP contribution in [0.4, 0.5) is 4.39 Å². The fourth-order valence-electron chi connectivity index (χ4n) is 2.97. The Hall–Kier alpha value is -3.85. The summed E-state index contributed by atoms with van der Waals surface area (Å²) in [7, 11) is 1.54. The first kappa shape index (κ1) is 22.3. The minimum Gasteiger partial charge on any atom is -0.493 e. The number of amides is 1. The van der Waals surface area contributed by atoms with Gasteiger partial charge in [0.05, 0.1) is 30.1 Å². The summed E-state index contributed by atoms with van der Waals surface area (Å²) in [5.74, 6) is 0.706. The van der Waals surface area contributed by atoms with Crippen molar-refractivity contribution in [1.82, 2.24) is 15.4 Å². The van der Waals surface area contributed by atoms with Gasteiger partial charge in [0.1, 0.15) is 12.4 Å². The molecule has 3 aromatic carbocycles. The van der Waals surface area contributed by atoms with Crippen LogP contribution < -0.4 is 14.9 Å². The Morgan fingerprint density at radius 2 is 1.97 bits per heavy atom. The number of hydrogen-bond acceptors (Lipinski definition) is 6. The third-order valence-electron chi connectivity index (χ3n) is 4.61. The number of fused-ring (bicyclic) bond motifs is 1. The van der Waals surface area contributed by atoms with Crippen molar-refractivity contribution in [2.45, 2.75) is 11.8 Å². The Balaban J connectivity index is 1.28. The number of aromatic nitrogens is 2. The molecule has 0 aliphatic heterocycles. The largest absolute Gasteiger partial charge is 0.493 e. The van der Waals surface area contributed by atoms with E-state index in [9.17, 15) is 9.18 Å². The Labute approximate surface area is 194 Å². The van der Waals surface area contributed by atoms with Gasteiger partial charge in [-0.15, -0.1) is 0 Å². The minimum absolute atomic E-state index is 0.177. The lowest BCUT2D eigenvalue weighted by atomic mass is 10.2. The molecule has 0 aliphatic carbocycles. The van der Waals surface area contributed by atoms with E-state index in [0.29, 0.717) is 16.7 Å². The highest BCUT2D eigenvalue weighted by Crippen LogP contribution is 2.28. The molecule has 4 rings (SSSR count). The number of aromatic amines is 1. The van der Waals surface area contributed by atoms with E-state index in [2.05, 4.69) is 20.5 Å². The Kier molecular flexibility index (Phi) is 7.21. The van der Waals surface area contributed by atoms with E-state index in [-0.39, 0.29) is 24.1 Å². The summed E-state index contributed by atoms with van der Waals surface area (Å²) in [6, 6.07) is 19.1. The monoisotopic (exact) mass is 464 g/mol. The number of ether oxygens (including phenoxy) is 2. The maximum Gasteiger partial charge on any atom is 0.250 e. The number of methoxy groups -OCH3 is 1. The van der Waals surface area contributed by atoms with Gasteiger partial charge in [0.25, 0.3) is 5.91 Å². The van der Waals surface area contributed by atoms with Gasteiger partial charge in [-0.05, 0) is 53.6 Å². The fraction of sp³-hybridized carbons (Fsp3) is 0.125. The van der Waals surface area contributed by atoms with E-state index in [1.54, 1.807) is 30.3 Å². The molecule has 1 aromatic heterocycles. The number of H-pyrrole nitrogens is 1. The van der Waals surface area contributed by atoms with Crippen LogP contribution in [0.1, 0.15) is 11.1 Å². The number of carbonyl (C=O) groups is 1. The summed E-state index contributed by atoms with van der Waals surface area (Å²) in [5, 5.41) is 4.68. The molecule has 0 fully saturated rings. The molecule has 1 amide bonds. The molecule has 4 aromatic rings. The number of carbonyl (C=O) groups excluding carboxylic acids is 1. The van der Waals surface area contributed by atoms with Crippen molar-refractivity contribution in [3.8, 4) is 11.5 Å². The highest BCUT2D eigenvalue weighted by molar-refractivity contribution is 7.99. The second kappa shape index (κ2) is 10.6. The number of thioether (sulfide) groups is 1. The predicted molar refractivity (Wildman–Crippen MR) is 126 cm³/mol. The molecular formula is C24H21FN4O3S. The first-order chi connectivity index (χ1) is 16.1. The summed E-state index contributed by atoms with van der Waals surface area (Å²) in [5.41, 5.74) is 5.86. The molecule has 0 radical (unpaired) electrons. The summed E-state index contributed by atoms with van der Waals surface area (Å²) < 4.78 is 24.2. The number of benzene rings is 3. The number of imidazole rings is 1. The van der Waals surface area contributed by atoms with E-state index in [4.69, 9.17) is 9.47 Å². The van der Waals surface area contributed by atoms with Crippen LogP contribution in [0.15, 0.2) is 77.0 Å². The molecule has 0 unspecified atom stereocenters. The molecule has 33 heavy (non-hydrogen) atoms. The number of rotatable bonds is 9. The zero-order valence-electron chi connectivity index (χ0n) is 17.7. The number of nitrogens with zero attached hydrogens (tertiary/aromatic N) is 2. The molecular weight excluding hydrogens is 443 g/mol. The number of hydrazone groups is 1. The van der Waals surface area contributed by atoms with Crippen LogP contribution in [-0.4, -0.2) is 35.0 Å². The van der Waals surface area contributed by atoms with Gasteiger partial charge in [0.2, 0.25) is 0 Å². The molecule has 0 spiro atoms. The molecule has 2 N–H and O–H groups in total. The lowest BCUT2D eigenvalue weighted by Gasteiger charge is -2.11. The zero-order valence-corrected chi connectivity index (χ0v) is 18.6. The third kappa shape index (κ3) is 6.11. The molecule has 0 bridgehead atoms. The molecule has 7 nitrogen and oxygen atoms in total. The van der Waals surface area contributed by atoms with Crippen LogP contribution in [0.3, 0.4) is 0 Å². The highest BCUT2D eigenvalue weighted by atomic mass is 32.2. The van der Waals surface area contributed by atoms with E-state index >= 15 is 0 Å². The van der Waals surface area contributed by atoms with Crippen LogP contribution in [0.5, 0.6) is 11.5 Å². The van der Waals surface area contributed by atoms with Gasteiger partial charge in [0.15, 0.2) is 16.7 Å². The SMILES string of the molecule is COc1cc(/C=N/NC(=O)CSc2nc3ccccc3[nH]2)ccc1OCc1ccc(F)cc1. The topological polar surface area (TPSA) is 88.6 Å². The Morgan fingerprint density at radius 1 is 1.15 bits per heavy atom. The van der Waals surface area contributed by atoms with Gasteiger partial charge in [-0.2, -0.15) is 5.10 Å². The van der Waals surface area contributed by atoms with Gasteiger partial charge >= 0.3 is 0 Å². The maximum atomic E-state index is 13.0. The van der Waals surface area contributed by atoms with Crippen molar-refractivity contribution in [2.24, 2.45) is 5.10 Å². The molecule has 0 saturated heterocycles. The molecule has 9 heteroatoms. The summed E-state index contributed by atoms with van der Waals surface area (Å²) in [6.07, 6.45) is 1.52. The van der Waals surface area contributed by atoms with Crippen molar-refractivity contribution < 1.29 is 18.7 Å². The van der Waals surface area contributed by atoms with Crippen molar-refractivity contribution in [3.63, 3.8) is 0 Å². The third-order valence-corrected chi connectivity index (χ3v) is 5.48. The molecule has 0 saturated carbocycles. The van der Waals surface area contributed by atoms with E-state index < -0.39 is 0 Å². The molecule has 168 valence electrons. The molecule has 0 aliphatic rings. The van der Waals surface area contributed by atoms with E-state index in [1.807, 2.05) is 24.3 Å². The minimum atomic E-state index is -0.291. The highest BCUT2D eigenvalue weighted by Gasteiger charge is 2.08. The summed E-state index contributed by atoms with van der Waals surface area (Å²) in [4.78, 5) is 19.7. The summed E-state index contributed by atoms with van der Waals surface area (Å²) >= 11 is 1.30. The van der Waals surface area contributed by atoms with Crippen molar-refractivity contribution in [1.29, 1.82) is 0 Å². The van der Waals surface area contributed by atoms with Crippen molar-refractivity contribution in [2.75, 3.05) is 12.9 Å². The molecule has 1 heterocycles.